The van der Waals surface area contributed by atoms with Gasteiger partial charge in [-0.15, -0.1) is 0 Å². The summed E-state index contributed by atoms with van der Waals surface area (Å²) < 4.78 is 0. The smallest absolute Gasteiger partial charge is 0.302 e. The van der Waals surface area contributed by atoms with Crippen molar-refractivity contribution in [3.05, 3.63) is 59.7 Å². The summed E-state index contributed by atoms with van der Waals surface area (Å²) in [5.41, 5.74) is 4.72. The maximum atomic E-state index is 11.6. The Labute approximate surface area is 107 Å². The molecule has 0 bridgehead atoms. The minimum atomic E-state index is -0.161. The molecule has 0 unspecified atom stereocenters. The van der Waals surface area contributed by atoms with Gasteiger partial charge in [0.15, 0.2) is 0 Å². The Morgan fingerprint density at radius 3 is 1.94 bits per heavy atom. The summed E-state index contributed by atoms with van der Waals surface area (Å²) in [5, 5.41) is 5.59. The molecule has 0 radical (unpaired) electrons. The molecule has 0 spiro atoms. The topological polar surface area (TPSA) is 41.1 Å². The fourth-order valence-electron chi connectivity index (χ4n) is 2.51. The highest BCUT2D eigenvalue weighted by Crippen LogP contribution is 2.42. The van der Waals surface area contributed by atoms with Crippen molar-refractivity contribution in [1.82, 2.24) is 10.5 Å². The van der Waals surface area contributed by atoms with Crippen LogP contribution < -0.4 is 10.5 Å². The third-order valence-corrected chi connectivity index (χ3v) is 3.34. The lowest BCUT2D eigenvalue weighted by Gasteiger charge is -2.15. The second-order valence-electron chi connectivity index (χ2n) is 4.33. The van der Waals surface area contributed by atoms with E-state index in [0.717, 1.165) is 11.1 Å². The lowest BCUT2D eigenvalue weighted by atomic mass is 10.1. The zero-order valence-electron chi connectivity index (χ0n) is 10.1. The second-order valence-corrected chi connectivity index (χ2v) is 4.33. The van der Waals surface area contributed by atoms with Gasteiger partial charge in [-0.3, -0.25) is 4.79 Å². The standard InChI is InChI=1S/C14H13BN2O/c15-17-14(18)16-13-11-7-3-1-5-9(11)10-6-2-4-8-12(10)13/h1-8,13H,15H2,(H2,16,17,18). The number of rotatable bonds is 1. The van der Waals surface area contributed by atoms with Crippen molar-refractivity contribution >= 4 is 14.0 Å². The largest absolute Gasteiger partial charge is 0.389 e. The third kappa shape index (κ3) is 1.58. The molecule has 3 nitrogen and oxygen atoms in total. The molecule has 0 saturated carbocycles. The number of benzene rings is 2. The van der Waals surface area contributed by atoms with Gasteiger partial charge in [-0.2, -0.15) is 0 Å². The quantitative estimate of drug-likeness (QED) is 0.725. The summed E-state index contributed by atoms with van der Waals surface area (Å²) >= 11 is 0. The van der Waals surface area contributed by atoms with Crippen LogP contribution in [0, 0.1) is 0 Å². The van der Waals surface area contributed by atoms with Crippen LogP contribution in [0.3, 0.4) is 0 Å². The highest BCUT2D eigenvalue weighted by atomic mass is 16.2. The highest BCUT2D eigenvalue weighted by Gasteiger charge is 2.28. The fourth-order valence-corrected chi connectivity index (χ4v) is 2.51. The summed E-state index contributed by atoms with van der Waals surface area (Å²) in [5.74, 6) is 0. The molecule has 1 aliphatic rings. The van der Waals surface area contributed by atoms with Crippen molar-refractivity contribution in [2.24, 2.45) is 0 Å². The van der Waals surface area contributed by atoms with Crippen LogP contribution in [0.15, 0.2) is 48.5 Å². The zero-order valence-corrected chi connectivity index (χ0v) is 10.1. The number of carbonyl (C=O) groups excluding carboxylic acids is 1. The van der Waals surface area contributed by atoms with E-state index in [1.54, 1.807) is 7.98 Å². The van der Waals surface area contributed by atoms with Gasteiger partial charge in [-0.25, -0.2) is 0 Å². The summed E-state index contributed by atoms with van der Waals surface area (Å²) in [6.07, 6.45) is 0. The van der Waals surface area contributed by atoms with Gasteiger partial charge in [0.05, 0.1) is 6.04 Å². The Hall–Kier alpha value is -2.23. The van der Waals surface area contributed by atoms with Gasteiger partial charge in [0, 0.05) is 0 Å². The number of amides is 2. The van der Waals surface area contributed by atoms with Crippen molar-refractivity contribution < 1.29 is 4.79 Å². The number of hydrogen-bond acceptors (Lipinski definition) is 1. The Balaban J connectivity index is 2.12. The molecule has 2 N–H and O–H groups in total. The van der Waals surface area contributed by atoms with E-state index >= 15 is 0 Å². The van der Waals surface area contributed by atoms with Gasteiger partial charge in [0.2, 0.25) is 7.98 Å². The van der Waals surface area contributed by atoms with E-state index in [-0.39, 0.29) is 12.1 Å². The molecule has 3 rings (SSSR count). The maximum Gasteiger partial charge on any atom is 0.302 e. The van der Waals surface area contributed by atoms with Gasteiger partial charge >= 0.3 is 6.03 Å². The SMILES string of the molecule is BNC(=O)NC1c2ccccc2-c2ccccc21. The van der Waals surface area contributed by atoms with E-state index in [2.05, 4.69) is 34.8 Å². The molecule has 0 saturated heterocycles. The van der Waals surface area contributed by atoms with Crippen LogP contribution in [-0.2, 0) is 0 Å². The van der Waals surface area contributed by atoms with Crippen LogP contribution >= 0.6 is 0 Å². The molecule has 0 aromatic heterocycles. The summed E-state index contributed by atoms with van der Waals surface area (Å²) in [6, 6.07) is 16.2. The third-order valence-electron chi connectivity index (χ3n) is 3.34. The van der Waals surface area contributed by atoms with Crippen LogP contribution in [0.25, 0.3) is 11.1 Å². The molecular formula is C14H13BN2O. The minimum absolute atomic E-state index is 0.0580. The minimum Gasteiger partial charge on any atom is -0.389 e. The average molecular weight is 236 g/mol. The van der Waals surface area contributed by atoms with E-state index in [9.17, 15) is 4.79 Å². The Morgan fingerprint density at radius 1 is 0.944 bits per heavy atom. The number of urea groups is 1. The van der Waals surface area contributed by atoms with Crippen molar-refractivity contribution in [2.45, 2.75) is 6.04 Å². The zero-order chi connectivity index (χ0) is 12.5. The maximum absolute atomic E-state index is 11.6. The monoisotopic (exact) mass is 236 g/mol. The van der Waals surface area contributed by atoms with Crippen LogP contribution in [0.1, 0.15) is 17.2 Å². The lowest BCUT2D eigenvalue weighted by Crippen LogP contribution is -2.36. The summed E-state index contributed by atoms with van der Waals surface area (Å²) in [7, 11) is 1.63. The van der Waals surface area contributed by atoms with E-state index in [4.69, 9.17) is 0 Å². The molecule has 0 atom stereocenters. The van der Waals surface area contributed by atoms with Gasteiger partial charge in [-0.1, -0.05) is 48.5 Å². The molecule has 18 heavy (non-hydrogen) atoms. The van der Waals surface area contributed by atoms with Crippen molar-refractivity contribution in [1.29, 1.82) is 0 Å². The molecule has 2 aromatic carbocycles. The number of nitrogens with one attached hydrogen (secondary N) is 2. The average Bonchev–Trinajstić information content (AvgIpc) is 2.74. The molecule has 2 amide bonds. The fraction of sp³-hybridized carbons (Fsp3) is 0.0714. The van der Waals surface area contributed by atoms with Crippen LogP contribution in [0.5, 0.6) is 0 Å². The molecule has 88 valence electrons. The van der Waals surface area contributed by atoms with E-state index in [0.29, 0.717) is 0 Å². The van der Waals surface area contributed by atoms with Crippen LogP contribution in [-0.4, -0.2) is 14.0 Å². The first-order chi connectivity index (χ1) is 8.81. The van der Waals surface area contributed by atoms with Crippen molar-refractivity contribution in [3.8, 4) is 11.1 Å². The first-order valence-electron chi connectivity index (χ1n) is 5.97. The van der Waals surface area contributed by atoms with Crippen LogP contribution in [0.2, 0.25) is 0 Å². The van der Waals surface area contributed by atoms with E-state index in [1.807, 2.05) is 24.3 Å². The molecular weight excluding hydrogens is 223 g/mol. The number of carbonyl (C=O) groups is 1. The predicted octanol–water partition coefficient (Wildman–Crippen LogP) is 1.60. The molecule has 0 fully saturated rings. The van der Waals surface area contributed by atoms with Crippen LogP contribution in [0.4, 0.5) is 4.79 Å². The normalized spacial score (nSPS) is 12.7. The first kappa shape index (κ1) is 10.9. The van der Waals surface area contributed by atoms with Gasteiger partial charge < -0.3 is 10.5 Å². The lowest BCUT2D eigenvalue weighted by molar-refractivity contribution is 0.244. The molecule has 2 aromatic rings. The van der Waals surface area contributed by atoms with Crippen molar-refractivity contribution in [2.75, 3.05) is 0 Å². The molecule has 0 heterocycles. The number of hydrogen-bond donors (Lipinski definition) is 2. The first-order valence-corrected chi connectivity index (χ1v) is 5.97. The summed E-state index contributed by atoms with van der Waals surface area (Å²) in [6.45, 7) is 0. The molecule has 0 aliphatic heterocycles. The summed E-state index contributed by atoms with van der Waals surface area (Å²) in [4.78, 5) is 11.6. The highest BCUT2D eigenvalue weighted by molar-refractivity contribution is 6.14. The molecule has 1 aliphatic carbocycles. The second kappa shape index (κ2) is 4.22. The van der Waals surface area contributed by atoms with E-state index in [1.165, 1.54) is 11.1 Å². The van der Waals surface area contributed by atoms with Gasteiger partial charge in [-0.05, 0) is 22.3 Å². The van der Waals surface area contributed by atoms with Crippen molar-refractivity contribution in [3.63, 3.8) is 0 Å². The van der Waals surface area contributed by atoms with Gasteiger partial charge in [0.25, 0.3) is 0 Å². The van der Waals surface area contributed by atoms with E-state index < -0.39 is 0 Å². The number of fused-ring (bicyclic) bond motifs is 3. The Morgan fingerprint density at radius 2 is 1.44 bits per heavy atom. The Kier molecular flexibility index (Phi) is 2.56. The van der Waals surface area contributed by atoms with Gasteiger partial charge in [0.1, 0.15) is 0 Å². The Bertz CT molecular complexity index is 567. The molecule has 4 heteroatoms. The predicted molar refractivity (Wildman–Crippen MR) is 73.9 cm³/mol.